The molecular weight excluding hydrogens is 422 g/mol. The zero-order valence-electron chi connectivity index (χ0n) is 18.4. The molecule has 3 aromatic carbocycles. The summed E-state index contributed by atoms with van der Waals surface area (Å²) in [5.41, 5.74) is 3.33. The topological polar surface area (TPSA) is 72.5 Å². The van der Waals surface area contributed by atoms with E-state index in [0.29, 0.717) is 12.0 Å². The largest absolute Gasteiger partial charge is 0.452 e. The molecule has 0 radical (unpaired) electrons. The lowest BCUT2D eigenvalue weighted by atomic mass is 9.87. The van der Waals surface area contributed by atoms with Crippen LogP contribution in [-0.4, -0.2) is 20.4 Å². The third-order valence-corrected chi connectivity index (χ3v) is 7.25. The molecule has 0 saturated heterocycles. The van der Waals surface area contributed by atoms with E-state index in [1.54, 1.807) is 42.5 Å². The molecule has 2 unspecified atom stereocenters. The van der Waals surface area contributed by atoms with Gasteiger partial charge in [-0.1, -0.05) is 75.4 Å². The van der Waals surface area contributed by atoms with Crippen LogP contribution < -0.4 is 4.72 Å². The maximum atomic E-state index is 13.0. The Morgan fingerprint density at radius 2 is 1.53 bits per heavy atom. The third-order valence-electron chi connectivity index (χ3n) is 5.75. The van der Waals surface area contributed by atoms with Crippen LogP contribution in [0.1, 0.15) is 53.9 Å². The number of benzene rings is 3. The monoisotopic (exact) mass is 449 g/mol. The lowest BCUT2D eigenvalue weighted by Gasteiger charge is -2.23. The van der Waals surface area contributed by atoms with Crippen molar-refractivity contribution in [2.24, 2.45) is 0 Å². The summed E-state index contributed by atoms with van der Waals surface area (Å²) in [6.45, 7) is 6.33. The highest BCUT2D eigenvalue weighted by Gasteiger charge is 2.38. The number of carbonyl (C=O) groups is 1. The van der Waals surface area contributed by atoms with Crippen LogP contribution in [0.5, 0.6) is 0 Å². The Morgan fingerprint density at radius 1 is 0.906 bits per heavy atom. The van der Waals surface area contributed by atoms with Crippen molar-refractivity contribution in [2.45, 2.75) is 49.6 Å². The van der Waals surface area contributed by atoms with E-state index < -0.39 is 28.1 Å². The second-order valence-electron chi connectivity index (χ2n) is 9.10. The van der Waals surface area contributed by atoms with Crippen molar-refractivity contribution in [3.05, 3.63) is 101 Å². The Balaban J connectivity index is 1.59. The van der Waals surface area contributed by atoms with Crippen molar-refractivity contribution in [1.29, 1.82) is 0 Å². The highest BCUT2D eigenvalue weighted by atomic mass is 32.2. The van der Waals surface area contributed by atoms with Gasteiger partial charge in [0, 0.05) is 0 Å². The molecule has 0 heterocycles. The molecule has 0 saturated carbocycles. The van der Waals surface area contributed by atoms with Crippen molar-refractivity contribution in [2.75, 3.05) is 0 Å². The van der Waals surface area contributed by atoms with Crippen molar-refractivity contribution in [1.82, 2.24) is 4.72 Å². The Labute approximate surface area is 189 Å². The van der Waals surface area contributed by atoms with E-state index in [0.717, 1.165) is 16.7 Å². The quantitative estimate of drug-likeness (QED) is 0.569. The van der Waals surface area contributed by atoms with Crippen LogP contribution in [0.15, 0.2) is 83.8 Å². The van der Waals surface area contributed by atoms with Crippen molar-refractivity contribution < 1.29 is 17.9 Å². The van der Waals surface area contributed by atoms with Gasteiger partial charge < -0.3 is 4.74 Å². The number of hydrogen-bond acceptors (Lipinski definition) is 4. The molecule has 166 valence electrons. The molecule has 1 aliphatic rings. The second kappa shape index (κ2) is 8.52. The summed E-state index contributed by atoms with van der Waals surface area (Å²) < 4.78 is 34.5. The first-order chi connectivity index (χ1) is 15.1. The lowest BCUT2D eigenvalue weighted by molar-refractivity contribution is 0.0247. The molecule has 4 rings (SSSR count). The van der Waals surface area contributed by atoms with Gasteiger partial charge in [0.05, 0.1) is 16.5 Å². The van der Waals surface area contributed by atoms with Gasteiger partial charge in [0.15, 0.2) is 0 Å². The van der Waals surface area contributed by atoms with E-state index in [1.165, 1.54) is 0 Å². The number of esters is 1. The molecule has 0 amide bonds. The van der Waals surface area contributed by atoms with Crippen LogP contribution in [-0.2, 0) is 26.6 Å². The molecule has 6 heteroatoms. The number of rotatable bonds is 5. The predicted octanol–water partition coefficient (Wildman–Crippen LogP) is 4.79. The Hall–Kier alpha value is -2.96. The zero-order chi connectivity index (χ0) is 22.9. The normalized spacial score (nSPS) is 18.2. The fourth-order valence-electron chi connectivity index (χ4n) is 3.96. The standard InChI is InChI=1S/C26H27NO4S/c1-26(2,3)20-15-13-18(14-16-20)25(28)31-24-22-12-8-7-9-19(22)17-23(24)27-32(29,30)21-10-5-4-6-11-21/h4-16,23-24,27H,17H2,1-3H3. The van der Waals surface area contributed by atoms with Crippen LogP contribution in [0.3, 0.4) is 0 Å². The molecule has 0 bridgehead atoms. The number of fused-ring (bicyclic) bond motifs is 1. The summed E-state index contributed by atoms with van der Waals surface area (Å²) in [4.78, 5) is 13.1. The van der Waals surface area contributed by atoms with E-state index in [-0.39, 0.29) is 10.3 Å². The van der Waals surface area contributed by atoms with Gasteiger partial charge in [-0.3, -0.25) is 0 Å². The summed E-state index contributed by atoms with van der Waals surface area (Å²) in [5.74, 6) is -0.476. The summed E-state index contributed by atoms with van der Waals surface area (Å²) in [6.07, 6.45) is -0.261. The molecule has 3 aromatic rings. The van der Waals surface area contributed by atoms with Gasteiger partial charge in [0.2, 0.25) is 10.0 Å². The molecular formula is C26H27NO4S. The van der Waals surface area contributed by atoms with Crippen LogP contribution in [0, 0.1) is 0 Å². The highest BCUT2D eigenvalue weighted by Crippen LogP contribution is 2.36. The van der Waals surface area contributed by atoms with Gasteiger partial charge in [-0.2, -0.15) is 0 Å². The van der Waals surface area contributed by atoms with Crippen LogP contribution in [0.2, 0.25) is 0 Å². The van der Waals surface area contributed by atoms with Gasteiger partial charge in [-0.25, -0.2) is 17.9 Å². The van der Waals surface area contributed by atoms with E-state index in [2.05, 4.69) is 25.5 Å². The average molecular weight is 450 g/mol. The third kappa shape index (κ3) is 4.61. The average Bonchev–Trinajstić information content (AvgIpc) is 3.10. The predicted molar refractivity (Wildman–Crippen MR) is 124 cm³/mol. The number of hydrogen-bond donors (Lipinski definition) is 1. The molecule has 0 aliphatic heterocycles. The molecule has 0 spiro atoms. The van der Waals surface area contributed by atoms with Gasteiger partial charge in [-0.05, 0) is 52.8 Å². The van der Waals surface area contributed by atoms with E-state index in [4.69, 9.17) is 4.74 Å². The molecule has 0 aromatic heterocycles. The smallest absolute Gasteiger partial charge is 0.338 e. The van der Waals surface area contributed by atoms with Gasteiger partial charge in [0.1, 0.15) is 6.10 Å². The van der Waals surface area contributed by atoms with E-state index in [9.17, 15) is 13.2 Å². The molecule has 0 fully saturated rings. The van der Waals surface area contributed by atoms with Crippen LogP contribution in [0.25, 0.3) is 0 Å². The maximum Gasteiger partial charge on any atom is 0.338 e. The highest BCUT2D eigenvalue weighted by molar-refractivity contribution is 7.89. The molecule has 1 N–H and O–H groups in total. The molecule has 2 atom stereocenters. The number of carbonyl (C=O) groups excluding carboxylic acids is 1. The summed E-state index contributed by atoms with van der Waals surface area (Å²) in [7, 11) is -3.76. The Bertz CT molecular complexity index is 1210. The van der Waals surface area contributed by atoms with Gasteiger partial charge >= 0.3 is 5.97 Å². The SMILES string of the molecule is CC(C)(C)c1ccc(C(=O)OC2c3ccccc3CC2NS(=O)(=O)c2ccccc2)cc1. The first kappa shape index (κ1) is 22.2. The molecule has 32 heavy (non-hydrogen) atoms. The Morgan fingerprint density at radius 3 is 2.19 bits per heavy atom. The molecule has 1 aliphatic carbocycles. The van der Waals surface area contributed by atoms with Crippen LogP contribution >= 0.6 is 0 Å². The number of sulfonamides is 1. The first-order valence-corrected chi connectivity index (χ1v) is 12.1. The fraction of sp³-hybridized carbons (Fsp3) is 0.269. The van der Waals surface area contributed by atoms with Gasteiger partial charge in [-0.15, -0.1) is 0 Å². The van der Waals surface area contributed by atoms with Gasteiger partial charge in [0.25, 0.3) is 0 Å². The van der Waals surface area contributed by atoms with E-state index in [1.807, 2.05) is 36.4 Å². The summed E-state index contributed by atoms with van der Waals surface area (Å²) in [5, 5.41) is 0. The number of nitrogens with one attached hydrogen (secondary N) is 1. The zero-order valence-corrected chi connectivity index (χ0v) is 19.2. The minimum absolute atomic E-state index is 0.0202. The summed E-state index contributed by atoms with van der Waals surface area (Å²) in [6, 6.07) is 22.6. The second-order valence-corrected chi connectivity index (χ2v) is 10.8. The molecule has 5 nitrogen and oxygen atoms in total. The Kier molecular flexibility index (Phi) is 5.93. The lowest BCUT2D eigenvalue weighted by Crippen LogP contribution is -2.39. The van der Waals surface area contributed by atoms with E-state index >= 15 is 0 Å². The van der Waals surface area contributed by atoms with Crippen molar-refractivity contribution in [3.63, 3.8) is 0 Å². The minimum Gasteiger partial charge on any atom is -0.452 e. The first-order valence-electron chi connectivity index (χ1n) is 10.6. The van der Waals surface area contributed by atoms with Crippen LogP contribution in [0.4, 0.5) is 0 Å². The maximum absolute atomic E-state index is 13.0. The summed E-state index contributed by atoms with van der Waals surface area (Å²) >= 11 is 0. The fourth-order valence-corrected chi connectivity index (χ4v) is 5.22. The number of ether oxygens (including phenoxy) is 1. The van der Waals surface area contributed by atoms with Crippen molar-refractivity contribution >= 4 is 16.0 Å². The van der Waals surface area contributed by atoms with Crippen molar-refractivity contribution in [3.8, 4) is 0 Å². The minimum atomic E-state index is -3.76.